The molecule has 0 aliphatic heterocycles. The lowest BCUT2D eigenvalue weighted by atomic mass is 10.1. The van der Waals surface area contributed by atoms with Crippen LogP contribution in [0.2, 0.25) is 0 Å². The van der Waals surface area contributed by atoms with Gasteiger partial charge in [0.2, 0.25) is 0 Å². The van der Waals surface area contributed by atoms with Crippen LogP contribution >= 0.6 is 0 Å². The molecule has 0 aliphatic rings. The molecule has 0 heterocycles. The first kappa shape index (κ1) is 16.8. The number of urea groups is 1. The standard InChI is InChI=1S/C18H22N2O3/c1-3-13-7-9-15(10-8-13)20-18(22)19-12-17(21)14-5-4-6-16(11-14)23-2/h4-11,17,21H,3,12H2,1-2H3,(H2,19,20,22). The smallest absolute Gasteiger partial charge is 0.319 e. The number of aliphatic hydroxyl groups excluding tert-OH is 1. The Labute approximate surface area is 136 Å². The number of carbonyl (C=O) groups excluding carboxylic acids is 1. The molecule has 3 N–H and O–H groups in total. The van der Waals surface area contributed by atoms with Crippen molar-refractivity contribution in [2.75, 3.05) is 19.0 Å². The van der Waals surface area contributed by atoms with E-state index in [1.165, 1.54) is 5.56 Å². The molecule has 5 nitrogen and oxygen atoms in total. The van der Waals surface area contributed by atoms with Crippen LogP contribution in [0.3, 0.4) is 0 Å². The molecule has 0 aromatic heterocycles. The van der Waals surface area contributed by atoms with Gasteiger partial charge in [-0.1, -0.05) is 31.2 Å². The lowest BCUT2D eigenvalue weighted by Crippen LogP contribution is -2.32. The predicted molar refractivity (Wildman–Crippen MR) is 90.8 cm³/mol. The number of methoxy groups -OCH3 is 1. The van der Waals surface area contributed by atoms with E-state index in [9.17, 15) is 9.90 Å². The fourth-order valence-corrected chi connectivity index (χ4v) is 2.16. The summed E-state index contributed by atoms with van der Waals surface area (Å²) in [5.41, 5.74) is 2.62. The van der Waals surface area contributed by atoms with E-state index in [0.29, 0.717) is 11.3 Å². The van der Waals surface area contributed by atoms with Crippen molar-refractivity contribution < 1.29 is 14.6 Å². The number of nitrogens with one attached hydrogen (secondary N) is 2. The van der Waals surface area contributed by atoms with Gasteiger partial charge < -0.3 is 20.5 Å². The summed E-state index contributed by atoms with van der Waals surface area (Å²) in [7, 11) is 1.57. The zero-order valence-electron chi connectivity index (χ0n) is 13.4. The van der Waals surface area contributed by atoms with Gasteiger partial charge in [0.1, 0.15) is 5.75 Å². The summed E-state index contributed by atoms with van der Waals surface area (Å²) in [5.74, 6) is 0.669. The number of anilines is 1. The summed E-state index contributed by atoms with van der Waals surface area (Å²) in [4.78, 5) is 11.9. The molecule has 5 heteroatoms. The molecule has 0 spiro atoms. The minimum atomic E-state index is -0.793. The molecule has 2 amide bonds. The van der Waals surface area contributed by atoms with E-state index in [2.05, 4.69) is 17.6 Å². The number of aliphatic hydroxyl groups is 1. The second-order valence-electron chi connectivity index (χ2n) is 5.18. The van der Waals surface area contributed by atoms with E-state index in [4.69, 9.17) is 4.74 Å². The van der Waals surface area contributed by atoms with Crippen molar-refractivity contribution >= 4 is 11.7 Å². The van der Waals surface area contributed by atoms with Crippen molar-refractivity contribution in [2.45, 2.75) is 19.4 Å². The highest BCUT2D eigenvalue weighted by atomic mass is 16.5. The second kappa shape index (κ2) is 8.19. The minimum Gasteiger partial charge on any atom is -0.497 e. The van der Waals surface area contributed by atoms with Crippen LogP contribution in [0.5, 0.6) is 5.75 Å². The van der Waals surface area contributed by atoms with Crippen LogP contribution in [-0.2, 0) is 6.42 Å². The molecule has 122 valence electrons. The van der Waals surface area contributed by atoms with Crippen molar-refractivity contribution in [1.29, 1.82) is 0 Å². The van der Waals surface area contributed by atoms with Crippen LogP contribution in [0, 0.1) is 0 Å². The number of rotatable bonds is 6. The van der Waals surface area contributed by atoms with Gasteiger partial charge in [0.15, 0.2) is 0 Å². The molecule has 1 atom stereocenters. The lowest BCUT2D eigenvalue weighted by molar-refractivity contribution is 0.175. The first-order valence-corrected chi connectivity index (χ1v) is 7.58. The topological polar surface area (TPSA) is 70.6 Å². The number of hydrogen-bond donors (Lipinski definition) is 3. The van der Waals surface area contributed by atoms with Gasteiger partial charge >= 0.3 is 6.03 Å². The third-order valence-corrected chi connectivity index (χ3v) is 3.55. The zero-order chi connectivity index (χ0) is 16.7. The van der Waals surface area contributed by atoms with Crippen molar-refractivity contribution in [1.82, 2.24) is 5.32 Å². The zero-order valence-corrected chi connectivity index (χ0v) is 13.4. The molecule has 23 heavy (non-hydrogen) atoms. The SMILES string of the molecule is CCc1ccc(NC(=O)NCC(O)c2cccc(OC)c2)cc1. The number of ether oxygens (including phenoxy) is 1. The maximum Gasteiger partial charge on any atom is 0.319 e. The van der Waals surface area contributed by atoms with Crippen LogP contribution in [0.25, 0.3) is 0 Å². The number of aryl methyl sites for hydroxylation is 1. The van der Waals surface area contributed by atoms with Crippen molar-refractivity contribution in [3.05, 3.63) is 59.7 Å². The van der Waals surface area contributed by atoms with E-state index in [-0.39, 0.29) is 12.6 Å². The highest BCUT2D eigenvalue weighted by molar-refractivity contribution is 5.89. The normalized spacial score (nSPS) is 11.6. The van der Waals surface area contributed by atoms with E-state index in [1.54, 1.807) is 31.4 Å². The van der Waals surface area contributed by atoms with Gasteiger partial charge in [-0.05, 0) is 41.8 Å². The quantitative estimate of drug-likeness (QED) is 0.767. The Bertz CT molecular complexity index is 641. The molecule has 0 saturated heterocycles. The molecule has 0 saturated carbocycles. The van der Waals surface area contributed by atoms with Crippen LogP contribution in [0.15, 0.2) is 48.5 Å². The van der Waals surface area contributed by atoms with Gasteiger partial charge in [0.25, 0.3) is 0 Å². The summed E-state index contributed by atoms with van der Waals surface area (Å²) in [5, 5.41) is 15.5. The molecule has 0 fully saturated rings. The summed E-state index contributed by atoms with van der Waals surface area (Å²) in [6.07, 6.45) is 0.164. The second-order valence-corrected chi connectivity index (χ2v) is 5.18. The number of benzene rings is 2. The number of carbonyl (C=O) groups is 1. The molecular weight excluding hydrogens is 292 g/mol. The monoisotopic (exact) mass is 314 g/mol. The summed E-state index contributed by atoms with van der Waals surface area (Å²) >= 11 is 0. The first-order chi connectivity index (χ1) is 11.1. The van der Waals surface area contributed by atoms with Crippen molar-refractivity contribution in [3.8, 4) is 5.75 Å². The third-order valence-electron chi connectivity index (χ3n) is 3.55. The van der Waals surface area contributed by atoms with Gasteiger partial charge in [-0.15, -0.1) is 0 Å². The van der Waals surface area contributed by atoms with Gasteiger partial charge in [0.05, 0.1) is 13.2 Å². The van der Waals surface area contributed by atoms with Crippen LogP contribution < -0.4 is 15.4 Å². The van der Waals surface area contributed by atoms with Crippen molar-refractivity contribution in [2.24, 2.45) is 0 Å². The lowest BCUT2D eigenvalue weighted by Gasteiger charge is -2.14. The summed E-state index contributed by atoms with van der Waals surface area (Å²) in [6, 6.07) is 14.4. The van der Waals surface area contributed by atoms with Gasteiger partial charge in [-0.3, -0.25) is 0 Å². The fraction of sp³-hybridized carbons (Fsp3) is 0.278. The predicted octanol–water partition coefficient (Wildman–Crippen LogP) is 3.11. The maximum absolute atomic E-state index is 11.9. The largest absolute Gasteiger partial charge is 0.497 e. The van der Waals surface area contributed by atoms with Crippen LogP contribution in [-0.4, -0.2) is 24.8 Å². The minimum absolute atomic E-state index is 0.117. The maximum atomic E-state index is 11.9. The van der Waals surface area contributed by atoms with Gasteiger partial charge in [-0.25, -0.2) is 4.79 Å². The summed E-state index contributed by atoms with van der Waals surface area (Å²) in [6.45, 7) is 2.20. The Hall–Kier alpha value is -2.53. The molecular formula is C18H22N2O3. The molecule has 1 unspecified atom stereocenters. The fourth-order valence-electron chi connectivity index (χ4n) is 2.16. The first-order valence-electron chi connectivity index (χ1n) is 7.58. The van der Waals surface area contributed by atoms with Crippen LogP contribution in [0.4, 0.5) is 10.5 Å². The number of hydrogen-bond acceptors (Lipinski definition) is 3. The summed E-state index contributed by atoms with van der Waals surface area (Å²) < 4.78 is 5.12. The molecule has 0 aliphatic carbocycles. The molecule has 2 aromatic carbocycles. The Morgan fingerprint density at radius 1 is 1.22 bits per heavy atom. The Balaban J connectivity index is 1.85. The van der Waals surface area contributed by atoms with Crippen LogP contribution in [0.1, 0.15) is 24.2 Å². The Morgan fingerprint density at radius 3 is 2.61 bits per heavy atom. The molecule has 2 aromatic rings. The van der Waals surface area contributed by atoms with E-state index >= 15 is 0 Å². The average molecular weight is 314 g/mol. The molecule has 2 rings (SSSR count). The van der Waals surface area contributed by atoms with E-state index < -0.39 is 6.10 Å². The average Bonchev–Trinajstić information content (AvgIpc) is 2.60. The highest BCUT2D eigenvalue weighted by Gasteiger charge is 2.10. The Kier molecular flexibility index (Phi) is 6.00. The van der Waals surface area contributed by atoms with E-state index in [1.807, 2.05) is 24.3 Å². The molecule has 0 radical (unpaired) electrons. The van der Waals surface area contributed by atoms with Crippen molar-refractivity contribution in [3.63, 3.8) is 0 Å². The van der Waals surface area contributed by atoms with Gasteiger partial charge in [-0.2, -0.15) is 0 Å². The highest BCUT2D eigenvalue weighted by Crippen LogP contribution is 2.18. The molecule has 0 bridgehead atoms. The third kappa shape index (κ3) is 5.00. The van der Waals surface area contributed by atoms with E-state index in [0.717, 1.165) is 12.1 Å². The number of amides is 2. The van der Waals surface area contributed by atoms with Gasteiger partial charge in [0, 0.05) is 12.2 Å². The Morgan fingerprint density at radius 2 is 1.96 bits per heavy atom.